The quantitative estimate of drug-likeness (QED) is 0.338. The number of methoxy groups -OCH3 is 2. The number of hydrogen-bond donors (Lipinski definition) is 1. The number of esters is 1. The lowest BCUT2D eigenvalue weighted by molar-refractivity contribution is -0.142. The highest BCUT2D eigenvalue weighted by atomic mass is 32.2. The van der Waals surface area contributed by atoms with Crippen LogP contribution >= 0.6 is 0 Å². The number of benzene rings is 2. The van der Waals surface area contributed by atoms with Crippen molar-refractivity contribution in [3.8, 4) is 12.1 Å². The number of amides is 1. The summed E-state index contributed by atoms with van der Waals surface area (Å²) in [6, 6.07) is 8.13. The molecule has 0 saturated carbocycles. The molecule has 58 heavy (non-hydrogen) atoms. The van der Waals surface area contributed by atoms with Gasteiger partial charge >= 0.3 is 24.4 Å². The molecule has 0 aromatic heterocycles. The molecule has 6 heterocycles. The first kappa shape index (κ1) is 41.3. The van der Waals surface area contributed by atoms with Gasteiger partial charge in [-0.1, -0.05) is 0 Å². The highest BCUT2D eigenvalue weighted by Gasteiger charge is 2.66. The van der Waals surface area contributed by atoms with E-state index in [1.807, 2.05) is 0 Å². The summed E-state index contributed by atoms with van der Waals surface area (Å²) in [7, 11) is -5.53. The molecule has 0 radical (unpaired) electrons. The molecular weight excluding hydrogens is 829 g/mol. The standard InChI is InChI=1S/C18H17F3N2O5S.C17H16F3N3O5S/c1-27-15(24)5-10-4-14-17-12(16(10)28-14)8-23(29(17,25)26)11-3-2-9(7-22)13(6-11)18(19,20)21;1-27-16(24)22-12-5-13-10-7-23(29(25,26)15(10)14(12)28-13)9-3-2-8(6-21)11(4-9)17(18,19)20/h2-3,6,10,12,14,16-17H,4-5,8H2,1H3;2-4,10,12-15H,5,7H2,1H3,(H,22,24)/t10-,12-,14-,16+,17-;10-,12-,13+,14-,15-/m00/s1. The number of rotatable bonds is 5. The molecule has 8 rings (SSSR count). The molecule has 2 aromatic rings. The van der Waals surface area contributed by atoms with Crippen LogP contribution in [0.15, 0.2) is 36.4 Å². The number of alkyl carbamates (subject to hydrolysis) is 1. The largest absolute Gasteiger partial charge is 0.469 e. The van der Waals surface area contributed by atoms with Crippen molar-refractivity contribution in [2.45, 2.75) is 72.6 Å². The van der Waals surface area contributed by atoms with Crippen LogP contribution in [0.1, 0.15) is 41.5 Å². The fourth-order valence-electron chi connectivity index (χ4n) is 9.21. The van der Waals surface area contributed by atoms with Gasteiger partial charge in [0, 0.05) is 24.9 Å². The zero-order chi connectivity index (χ0) is 42.3. The maximum atomic E-state index is 13.3. The third-order valence-corrected chi connectivity index (χ3v) is 16.2. The lowest BCUT2D eigenvalue weighted by Gasteiger charge is -2.26. The molecule has 4 bridgehead atoms. The Bertz CT molecular complexity index is 2260. The molecule has 1 amide bonds. The van der Waals surface area contributed by atoms with Gasteiger partial charge in [-0.05, 0) is 55.2 Å². The van der Waals surface area contributed by atoms with Gasteiger partial charge in [-0.25, -0.2) is 21.6 Å². The molecule has 6 fully saturated rings. The predicted molar refractivity (Wildman–Crippen MR) is 185 cm³/mol. The molecule has 15 nitrogen and oxygen atoms in total. The van der Waals surface area contributed by atoms with Crippen LogP contribution in [-0.4, -0.2) is 97.2 Å². The van der Waals surface area contributed by atoms with E-state index < -0.39 is 120 Å². The second kappa shape index (κ2) is 14.5. The van der Waals surface area contributed by atoms with Gasteiger partial charge in [0.25, 0.3) is 0 Å². The maximum Gasteiger partial charge on any atom is 0.417 e. The molecule has 6 saturated heterocycles. The van der Waals surface area contributed by atoms with Crippen LogP contribution in [0, 0.1) is 40.4 Å². The van der Waals surface area contributed by atoms with Crippen LogP contribution < -0.4 is 13.9 Å². The van der Waals surface area contributed by atoms with E-state index in [9.17, 15) is 52.8 Å². The van der Waals surface area contributed by atoms with Gasteiger partial charge < -0.3 is 24.3 Å². The van der Waals surface area contributed by atoms with Crippen LogP contribution in [0.5, 0.6) is 0 Å². The SMILES string of the molecule is COC(=O)C[C@@H]1C[C@@H]2O[C@H]1[C@@H]1CN(c3ccc(C#N)c(C(F)(F)F)c3)S(=O)(=O)[C@@H]12.COC(=O)N[C@H]1C[C@H]2O[C@@H]1[C@@H]1[C@H]2CN(c2ccc(C#N)c(C(F)(F)F)c2)S1(=O)=O. The number of halogens is 6. The Morgan fingerprint density at radius 1 is 0.776 bits per heavy atom. The Morgan fingerprint density at radius 3 is 1.79 bits per heavy atom. The number of alkyl halides is 6. The second-order valence-electron chi connectivity index (χ2n) is 14.6. The lowest BCUT2D eigenvalue weighted by Crippen LogP contribution is -2.50. The first-order chi connectivity index (χ1) is 27.1. The highest BCUT2D eigenvalue weighted by Crippen LogP contribution is 2.53. The van der Waals surface area contributed by atoms with Crippen LogP contribution in [0.4, 0.5) is 42.5 Å². The monoisotopic (exact) mass is 861 g/mol. The summed E-state index contributed by atoms with van der Waals surface area (Å²) in [5.41, 5.74) is -3.79. The molecule has 312 valence electrons. The van der Waals surface area contributed by atoms with E-state index in [0.717, 1.165) is 20.7 Å². The van der Waals surface area contributed by atoms with Crippen LogP contribution in [-0.2, 0) is 56.1 Å². The summed E-state index contributed by atoms with van der Waals surface area (Å²) in [6.07, 6.45) is -11.7. The predicted octanol–water partition coefficient (Wildman–Crippen LogP) is 3.67. The summed E-state index contributed by atoms with van der Waals surface area (Å²) in [5, 5.41) is 18.6. The molecule has 0 spiro atoms. The molecule has 0 unspecified atom stereocenters. The van der Waals surface area contributed by atoms with E-state index in [1.54, 1.807) is 0 Å². The number of ether oxygens (including phenoxy) is 4. The smallest absolute Gasteiger partial charge is 0.417 e. The molecule has 0 aliphatic carbocycles. The van der Waals surface area contributed by atoms with Crippen molar-refractivity contribution in [1.82, 2.24) is 5.32 Å². The number of carbonyl (C=O) groups is 2. The normalized spacial score (nSPS) is 32.0. The number of anilines is 2. The van der Waals surface area contributed by atoms with Crippen molar-refractivity contribution in [1.29, 1.82) is 10.5 Å². The fourth-order valence-corrected chi connectivity index (χ4v) is 13.9. The van der Waals surface area contributed by atoms with Gasteiger partial charge in [-0.15, -0.1) is 0 Å². The van der Waals surface area contributed by atoms with E-state index in [1.165, 1.54) is 38.5 Å². The molecule has 6 aliphatic rings. The summed E-state index contributed by atoms with van der Waals surface area (Å²) >= 11 is 0. The zero-order valence-electron chi connectivity index (χ0n) is 30.2. The Balaban J connectivity index is 0.000000177. The number of fused-ring (bicyclic) bond motifs is 10. The maximum absolute atomic E-state index is 13.3. The first-order valence-electron chi connectivity index (χ1n) is 17.6. The Labute approximate surface area is 327 Å². The van der Waals surface area contributed by atoms with Crippen LogP contribution in [0.3, 0.4) is 0 Å². The molecule has 1 N–H and O–H groups in total. The fraction of sp³-hybridized carbons (Fsp3) is 0.543. The Kier molecular flexibility index (Phi) is 10.3. The summed E-state index contributed by atoms with van der Waals surface area (Å²) in [5.74, 6) is -1.47. The minimum absolute atomic E-state index is 0.0255. The van der Waals surface area contributed by atoms with E-state index in [2.05, 4.69) is 14.8 Å². The van der Waals surface area contributed by atoms with Gasteiger partial charge in [0.2, 0.25) is 20.0 Å². The van der Waals surface area contributed by atoms with Crippen molar-refractivity contribution < 1.29 is 71.7 Å². The molecular formula is C35H33F6N5O10S2. The Morgan fingerprint density at radius 2 is 1.29 bits per heavy atom. The Hall–Kier alpha value is -4.84. The number of carbonyl (C=O) groups excluding carboxylic acids is 2. The van der Waals surface area contributed by atoms with Gasteiger partial charge in [0.1, 0.15) is 10.5 Å². The number of nitrogens with one attached hydrogen (secondary N) is 1. The molecule has 23 heteroatoms. The molecule has 10 atom stereocenters. The highest BCUT2D eigenvalue weighted by molar-refractivity contribution is 7.94. The van der Waals surface area contributed by atoms with Crippen LogP contribution in [0.25, 0.3) is 0 Å². The minimum Gasteiger partial charge on any atom is -0.469 e. The number of sulfonamides is 2. The second-order valence-corrected chi connectivity index (χ2v) is 18.7. The van der Waals surface area contributed by atoms with Gasteiger partial charge in [-0.2, -0.15) is 36.9 Å². The third kappa shape index (κ3) is 6.84. The number of nitrogens with zero attached hydrogens (tertiary/aromatic N) is 4. The summed E-state index contributed by atoms with van der Waals surface area (Å²) < 4.78 is 155. The number of nitriles is 2. The van der Waals surface area contributed by atoms with Crippen LogP contribution in [0.2, 0.25) is 0 Å². The third-order valence-electron chi connectivity index (χ3n) is 11.6. The van der Waals surface area contributed by atoms with Crippen molar-refractivity contribution in [3.05, 3.63) is 58.7 Å². The van der Waals surface area contributed by atoms with E-state index in [0.29, 0.717) is 25.0 Å². The van der Waals surface area contributed by atoms with Gasteiger partial charge in [-0.3, -0.25) is 13.4 Å². The van der Waals surface area contributed by atoms with E-state index in [4.69, 9.17) is 20.0 Å². The first-order valence-corrected chi connectivity index (χ1v) is 20.6. The summed E-state index contributed by atoms with van der Waals surface area (Å²) in [4.78, 5) is 23.1. The minimum atomic E-state index is -4.79. The average Bonchev–Trinajstić information content (AvgIpc) is 4.01. The lowest BCUT2D eigenvalue weighted by atomic mass is 9.79. The van der Waals surface area contributed by atoms with E-state index in [-0.39, 0.29) is 36.8 Å². The van der Waals surface area contributed by atoms with Gasteiger partial charge in [0.05, 0.1) is 96.9 Å². The van der Waals surface area contributed by atoms with Crippen molar-refractivity contribution in [2.75, 3.05) is 35.9 Å². The van der Waals surface area contributed by atoms with Gasteiger partial charge in [0.15, 0.2) is 0 Å². The molecule has 6 aliphatic heterocycles. The number of hydrogen-bond acceptors (Lipinski definition) is 12. The molecule has 2 aromatic carbocycles. The van der Waals surface area contributed by atoms with Crippen molar-refractivity contribution >= 4 is 43.5 Å². The average molecular weight is 862 g/mol. The van der Waals surface area contributed by atoms with Crippen molar-refractivity contribution in [3.63, 3.8) is 0 Å². The van der Waals surface area contributed by atoms with Crippen molar-refractivity contribution in [2.24, 2.45) is 17.8 Å². The summed E-state index contributed by atoms with van der Waals surface area (Å²) in [6.45, 7) is -0.0582. The topological polar surface area (TPSA) is 205 Å². The zero-order valence-corrected chi connectivity index (χ0v) is 31.9. The van der Waals surface area contributed by atoms with E-state index >= 15 is 0 Å².